The van der Waals surface area contributed by atoms with Crippen LogP contribution in [0.15, 0.2) is 23.3 Å². The van der Waals surface area contributed by atoms with Gasteiger partial charge in [-0.3, -0.25) is 19.2 Å². The topological polar surface area (TPSA) is 267 Å². The summed E-state index contributed by atoms with van der Waals surface area (Å²) in [5, 5.41) is 103. The molecular weight excluding hydrogens is 1690 g/mol. The molecule has 28 fully saturated rings. The normalized spacial score (nSPS) is 62.9. The Labute approximate surface area is 813 Å². The first-order valence-corrected chi connectivity index (χ1v) is 56.7. The van der Waals surface area contributed by atoms with Gasteiger partial charge in [0.1, 0.15) is 28.4 Å². The third-order valence-corrected chi connectivity index (χ3v) is 53.8. The van der Waals surface area contributed by atoms with Gasteiger partial charge in [-0.05, 0) is 435 Å². The van der Waals surface area contributed by atoms with Crippen LogP contribution in [0.4, 0.5) is 0 Å². The van der Waals surface area contributed by atoms with Crippen molar-refractivity contribution in [1.82, 2.24) is 0 Å². The zero-order chi connectivity index (χ0) is 94.6. The molecule has 54 atom stereocenters. The maximum Gasteiger partial charge on any atom is 0.382 e. The molecule has 0 saturated heterocycles. The van der Waals surface area contributed by atoms with E-state index < -0.39 is 50.8 Å². The van der Waals surface area contributed by atoms with Crippen LogP contribution in [0.5, 0.6) is 0 Å². The number of ketones is 4. The fourth-order valence-electron chi connectivity index (χ4n) is 47.3. The molecule has 0 heterocycles. The molecule has 0 aromatic heterocycles. The molecule has 0 amide bonds. The number of carboxylic acid groups (broad SMARTS) is 1. The molecule has 0 bridgehead atoms. The van der Waals surface area contributed by atoms with E-state index in [-0.39, 0.29) is 79.1 Å². The number of carbonyl (C=O) groups excluding carboxylic acids is 4. The number of Topliss-reactive ketones (excluding diaryl/α,β-unsaturated/α-hetero) is 2. The predicted octanol–water partition coefficient (Wildman–Crippen LogP) is 19.8. The Balaban J connectivity index is 0.0000000903. The number of hydrogen-bond donors (Lipinski definition) is 9. The van der Waals surface area contributed by atoms with E-state index in [2.05, 4.69) is 126 Å². The molecule has 30 aliphatic rings. The van der Waals surface area contributed by atoms with E-state index in [1.807, 2.05) is 26.0 Å². The third-order valence-electron chi connectivity index (χ3n) is 53.8. The summed E-state index contributed by atoms with van der Waals surface area (Å²) in [4.78, 5) is 59.8. The summed E-state index contributed by atoms with van der Waals surface area (Å²) in [6, 6.07) is 0. The highest BCUT2D eigenvalue weighted by Gasteiger charge is 2.88. The third kappa shape index (κ3) is 11.1. The van der Waals surface area contributed by atoms with Gasteiger partial charge >= 0.3 is 5.97 Å². The van der Waals surface area contributed by atoms with Gasteiger partial charge in [0.05, 0.1) is 28.0 Å². The Kier molecular flexibility index (Phi) is 19.6. The Morgan fingerprint density at radius 2 is 0.654 bits per heavy atom. The van der Waals surface area contributed by atoms with Crippen molar-refractivity contribution in [3.05, 3.63) is 23.3 Å². The highest BCUT2D eigenvalue weighted by molar-refractivity contribution is 5.93. The van der Waals surface area contributed by atoms with Crippen LogP contribution < -0.4 is 0 Å². The summed E-state index contributed by atoms with van der Waals surface area (Å²) in [6.07, 6.45) is 41.8. The number of aliphatic carboxylic acids is 1. The minimum atomic E-state index is -1.16. The second kappa shape index (κ2) is 28.6. The van der Waals surface area contributed by atoms with Crippen molar-refractivity contribution in [2.75, 3.05) is 0 Å². The molecule has 28 saturated carbocycles. The molecular formula is C122H170O14. The van der Waals surface area contributed by atoms with Gasteiger partial charge in [-0.15, -0.1) is 11.8 Å². The van der Waals surface area contributed by atoms with Gasteiger partial charge in [0.25, 0.3) is 0 Å². The molecule has 0 aromatic carbocycles. The first-order chi connectivity index (χ1) is 63.7. The highest BCUT2D eigenvalue weighted by atomic mass is 16.4. The molecule has 30 rings (SSSR count). The van der Waals surface area contributed by atoms with Crippen LogP contribution in [0.2, 0.25) is 0 Å². The van der Waals surface area contributed by atoms with Gasteiger partial charge in [0, 0.05) is 89.3 Å². The zero-order valence-corrected chi connectivity index (χ0v) is 84.7. The van der Waals surface area contributed by atoms with Crippen molar-refractivity contribution in [2.45, 2.75) is 394 Å². The number of aliphatic hydroxyl groups is 8. The molecule has 14 nitrogen and oxygen atoms in total. The van der Waals surface area contributed by atoms with Crippen molar-refractivity contribution in [3.8, 4) is 35.5 Å². The second-order valence-electron chi connectivity index (χ2n) is 57.6. The largest absolute Gasteiger partial charge is 0.472 e. The lowest BCUT2D eigenvalue weighted by Gasteiger charge is -2.65. The smallest absolute Gasteiger partial charge is 0.382 e. The van der Waals surface area contributed by atoms with Gasteiger partial charge in [-0.2, -0.15) is 0 Å². The Hall–Kier alpha value is -4.01. The Morgan fingerprint density at radius 3 is 1.02 bits per heavy atom. The van der Waals surface area contributed by atoms with Crippen LogP contribution in [-0.2, 0) is 24.0 Å². The van der Waals surface area contributed by atoms with Crippen molar-refractivity contribution in [2.24, 2.45) is 267 Å². The lowest BCUT2D eigenvalue weighted by atomic mass is 9.41. The van der Waals surface area contributed by atoms with Crippen molar-refractivity contribution in [1.29, 1.82) is 0 Å². The molecule has 136 heavy (non-hydrogen) atoms. The fraction of sp³-hybridized carbons (Fsp3) is 0.877. The molecule has 0 spiro atoms. The van der Waals surface area contributed by atoms with E-state index in [9.17, 15) is 64.8 Å². The molecule has 0 radical (unpaired) electrons. The standard InChI is InChI=1S/C25H40O2.C24H28O4.C24H36O3.C24H32O3.C24H30O2.CH4/c1-5-8-24(26)19-12-16(19)21-20-15-11-18(15)25(27)13-14(2)6-9-22(25,3)17(20)7-10-23(21,24)4;1-22-6-3-12(25)9-17(22)13-10-14(13)20-16(22)4-7-23(2)21(20)15-11-18(15)24(23,28)8-5-19(26)27;2*1-4-7-23(26)18-11-15(18)20-19-14-10-17(14)24(27)12-13(25)5-8-21(24,2)16(19)6-9-22(20,23)3;1-4-7-24(26)19-12-16(19)21-20-15-11-14(15)18-10-13(25)5-8-22(18,2)17(20)6-9-23(21,24)3;/h14-21,26-27H,5-13H2,1-4H3;9,13-16,18,20-21,28H,3-4,6-7,10-11H2,1-2H3,(H,26,27);14-20,26-27H,4-12H2,1-3H3;14-20,26-27H,5-6,8-12H2,1-3H3;10,14-17,19-21,26H,5-6,8-9,11-12H2,1-3H3;1H4/t14-,15-,16+,17?,18+,19-,20?,21?,22+,23-,24-,25+;13-,14+,15-,16?,18+,20?,21?,22-,23+,24+;2*14-,15+,16?,17+,18-,19?,20?,21+,22-,23-,24+;14-,15+,16-,17?,19+,20?,21?,22-,23+,24+;/m01001./s1. The van der Waals surface area contributed by atoms with E-state index in [4.69, 9.17) is 5.11 Å². The first kappa shape index (κ1) is 93.1. The summed E-state index contributed by atoms with van der Waals surface area (Å²) in [5.41, 5.74) is -2.52. The summed E-state index contributed by atoms with van der Waals surface area (Å²) >= 11 is 0. The number of fused-ring (bicyclic) bond motifs is 50. The molecule has 0 aromatic rings. The molecule has 742 valence electrons. The van der Waals surface area contributed by atoms with Crippen molar-refractivity contribution in [3.63, 3.8) is 0 Å². The molecule has 0 aliphatic heterocycles. The van der Waals surface area contributed by atoms with E-state index in [0.717, 1.165) is 176 Å². The molecule has 9 N–H and O–H groups in total. The molecule has 30 aliphatic carbocycles. The quantitative estimate of drug-likeness (QED) is 0.119. The number of allylic oxidation sites excluding steroid dienone is 2. The Bertz CT molecular complexity index is 5430. The van der Waals surface area contributed by atoms with Crippen molar-refractivity contribution >= 4 is 29.1 Å². The van der Waals surface area contributed by atoms with E-state index in [1.54, 1.807) is 0 Å². The highest BCUT2D eigenvalue weighted by Crippen LogP contribution is 2.89. The monoisotopic (exact) mass is 1860 g/mol. The summed E-state index contributed by atoms with van der Waals surface area (Å²) in [6.45, 7) is 34.3. The molecule has 15 unspecified atom stereocenters. The van der Waals surface area contributed by atoms with Crippen LogP contribution in [0.3, 0.4) is 0 Å². The van der Waals surface area contributed by atoms with E-state index in [0.29, 0.717) is 209 Å². The van der Waals surface area contributed by atoms with Gasteiger partial charge < -0.3 is 46.0 Å². The predicted molar refractivity (Wildman–Crippen MR) is 519 cm³/mol. The lowest BCUT2D eigenvalue weighted by Crippen LogP contribution is -2.65. The van der Waals surface area contributed by atoms with Crippen LogP contribution in [0.1, 0.15) is 349 Å². The van der Waals surface area contributed by atoms with Crippen LogP contribution in [0.25, 0.3) is 0 Å². The van der Waals surface area contributed by atoms with Crippen molar-refractivity contribution < 1.29 is 69.9 Å². The van der Waals surface area contributed by atoms with Gasteiger partial charge in [-0.1, -0.05) is 139 Å². The zero-order valence-electron chi connectivity index (χ0n) is 84.7. The van der Waals surface area contributed by atoms with E-state index in [1.165, 1.54) is 81.8 Å². The number of hydrogen-bond acceptors (Lipinski definition) is 13. The Morgan fingerprint density at radius 1 is 0.346 bits per heavy atom. The average Bonchev–Trinajstić information content (AvgIpc) is 1.45. The van der Waals surface area contributed by atoms with Crippen LogP contribution in [0, 0.1) is 303 Å². The van der Waals surface area contributed by atoms with Gasteiger partial charge in [0.15, 0.2) is 11.6 Å². The summed E-state index contributed by atoms with van der Waals surface area (Å²) < 4.78 is 0. The maximum atomic E-state index is 12.2. The minimum absolute atomic E-state index is 0. The SMILES string of the molecule is C.CC#C[C@]1(O)[C@H]2C[C@H]2C2C3C(CC[C@@]21C)[C@@]1(C)CCC(=O)C=C1[C@@H]1C[C@H]31.CC#C[C@]1(O)[C@H]2C[C@H]2C2C3C(CC[C@@]21C)[C@@]1(C)CCC(=O)C[C@@]1(O)[C@@H]1C[C@H]31.CCC[C@]1(O)[C@H]2C[C@H]2C2C3C(CC[C@@]21C)[C@@]1(C)CCC(=O)C[C@@]1(O)[C@@H]1C[C@H]31.CCC[C@]1(O)[C@H]2C[C@H]2C2C3C(CC[C@@]21C)[C@@]1(C)CC[C@H](C)C[C@@]1(O)[C@@H]1C[C@H]31.C[C@]12CCC(=O)C=C1[C@@H]1C[C@@H]1C1C2CC[C@@]2(C)C1[C@@H]1C[C@@H]1[C@@]2(O)C#CC(=O)O. The molecule has 14 heteroatoms. The van der Waals surface area contributed by atoms with Crippen LogP contribution in [-0.4, -0.2) is 120 Å². The van der Waals surface area contributed by atoms with E-state index >= 15 is 0 Å². The number of rotatable bonds is 4. The maximum absolute atomic E-state index is 12.2. The second-order valence-corrected chi connectivity index (χ2v) is 57.6. The average molecular weight is 1860 g/mol. The van der Waals surface area contributed by atoms with Gasteiger partial charge in [-0.25, -0.2) is 4.79 Å². The number of carbonyl (C=O) groups is 5. The first-order valence-electron chi connectivity index (χ1n) is 56.7. The lowest BCUT2D eigenvalue weighted by molar-refractivity contribution is -0.231. The van der Waals surface area contributed by atoms with Crippen LogP contribution >= 0.6 is 0 Å². The summed E-state index contributed by atoms with van der Waals surface area (Å²) in [5.74, 6) is 39.1. The van der Waals surface area contributed by atoms with Gasteiger partial charge in [0.2, 0.25) is 0 Å². The minimum Gasteiger partial charge on any atom is -0.472 e. The number of carboxylic acids is 1. The summed E-state index contributed by atoms with van der Waals surface area (Å²) in [7, 11) is 0. The fourth-order valence-corrected chi connectivity index (χ4v) is 47.3.